The summed E-state index contributed by atoms with van der Waals surface area (Å²) in [6.07, 6.45) is 3.29. The van der Waals surface area contributed by atoms with E-state index in [1.165, 1.54) is 13.2 Å². The van der Waals surface area contributed by atoms with Gasteiger partial charge in [0.2, 0.25) is 0 Å². The molecule has 0 atom stereocenters. The van der Waals surface area contributed by atoms with Crippen molar-refractivity contribution in [2.75, 3.05) is 19.4 Å². The Balaban J connectivity index is 2.26. The molecule has 0 amide bonds. The molecule has 1 aromatic carbocycles. The van der Waals surface area contributed by atoms with Gasteiger partial charge in [-0.2, -0.15) is 0 Å². The quantitative estimate of drug-likeness (QED) is 0.485. The zero-order chi connectivity index (χ0) is 14.4. The maximum absolute atomic E-state index is 11.4. The lowest BCUT2D eigenvalue weighted by Gasteiger charge is -2.17. The van der Waals surface area contributed by atoms with Crippen LogP contribution in [-0.2, 0) is 9.53 Å². The number of hydrogen-bond donors (Lipinski definition) is 0. The van der Waals surface area contributed by atoms with Crippen LogP contribution in [0.5, 0.6) is 0 Å². The molecule has 1 heterocycles. The van der Waals surface area contributed by atoms with Crippen LogP contribution in [0.3, 0.4) is 0 Å². The normalized spacial score (nSPS) is 18.6. The SMILES string of the molecule is C=CCN1C(=CC(=O)OC)CSC1=Nc1ccccc1. The summed E-state index contributed by atoms with van der Waals surface area (Å²) in [5.74, 6) is 0.352. The van der Waals surface area contributed by atoms with E-state index in [1.807, 2.05) is 35.2 Å². The number of aliphatic imine (C=N–C) groups is 1. The molecule has 0 aromatic heterocycles. The van der Waals surface area contributed by atoms with Crippen molar-refractivity contribution in [3.05, 3.63) is 54.8 Å². The van der Waals surface area contributed by atoms with Gasteiger partial charge in [0.1, 0.15) is 0 Å². The maximum atomic E-state index is 11.4. The number of esters is 1. The summed E-state index contributed by atoms with van der Waals surface area (Å²) >= 11 is 1.60. The Morgan fingerprint density at radius 3 is 2.90 bits per heavy atom. The van der Waals surface area contributed by atoms with Crippen molar-refractivity contribution >= 4 is 28.6 Å². The fraction of sp³-hybridized carbons (Fsp3) is 0.200. The van der Waals surface area contributed by atoms with Gasteiger partial charge in [0.15, 0.2) is 5.17 Å². The van der Waals surface area contributed by atoms with Gasteiger partial charge in [-0.05, 0) is 12.1 Å². The molecule has 104 valence electrons. The second-order valence-electron chi connectivity index (χ2n) is 4.08. The number of carbonyl (C=O) groups excluding carboxylic acids is 1. The number of amidine groups is 1. The molecule has 1 aliphatic rings. The lowest BCUT2D eigenvalue weighted by molar-refractivity contribution is -0.134. The summed E-state index contributed by atoms with van der Waals surface area (Å²) in [7, 11) is 1.37. The molecule has 0 saturated carbocycles. The van der Waals surface area contributed by atoms with E-state index in [0.717, 1.165) is 16.6 Å². The number of methoxy groups -OCH3 is 1. The van der Waals surface area contributed by atoms with Gasteiger partial charge in [0.05, 0.1) is 12.8 Å². The van der Waals surface area contributed by atoms with E-state index in [-0.39, 0.29) is 5.97 Å². The van der Waals surface area contributed by atoms with Crippen LogP contribution in [0.2, 0.25) is 0 Å². The number of carbonyl (C=O) groups is 1. The third kappa shape index (κ3) is 3.51. The van der Waals surface area contributed by atoms with Gasteiger partial charge in [-0.15, -0.1) is 6.58 Å². The van der Waals surface area contributed by atoms with Gasteiger partial charge >= 0.3 is 5.97 Å². The van der Waals surface area contributed by atoms with Crippen molar-refractivity contribution in [2.45, 2.75) is 0 Å². The molecule has 0 N–H and O–H groups in total. The molecule has 1 aliphatic heterocycles. The van der Waals surface area contributed by atoms with Crippen molar-refractivity contribution in [3.8, 4) is 0 Å². The van der Waals surface area contributed by atoms with Crippen LogP contribution in [0.25, 0.3) is 0 Å². The van der Waals surface area contributed by atoms with Crippen molar-refractivity contribution in [1.29, 1.82) is 0 Å². The van der Waals surface area contributed by atoms with Crippen molar-refractivity contribution in [1.82, 2.24) is 4.90 Å². The minimum Gasteiger partial charge on any atom is -0.466 e. The van der Waals surface area contributed by atoms with Gasteiger partial charge in [-0.25, -0.2) is 9.79 Å². The molecule has 0 aliphatic carbocycles. The molecule has 1 aromatic rings. The molecular weight excluding hydrogens is 272 g/mol. The minimum atomic E-state index is -0.351. The van der Waals surface area contributed by atoms with Gasteiger partial charge in [0.25, 0.3) is 0 Å². The summed E-state index contributed by atoms with van der Waals surface area (Å²) in [6, 6.07) is 9.74. The first kappa shape index (κ1) is 14.4. The first-order chi connectivity index (χ1) is 9.74. The fourth-order valence-corrected chi connectivity index (χ4v) is 2.80. The highest BCUT2D eigenvalue weighted by Crippen LogP contribution is 2.29. The summed E-state index contributed by atoms with van der Waals surface area (Å²) in [4.78, 5) is 18.0. The molecule has 0 spiro atoms. The predicted octanol–water partition coefficient (Wildman–Crippen LogP) is 2.97. The van der Waals surface area contributed by atoms with E-state index in [1.54, 1.807) is 17.8 Å². The highest BCUT2D eigenvalue weighted by molar-refractivity contribution is 8.14. The number of thioether (sulfide) groups is 1. The molecule has 0 radical (unpaired) electrons. The number of rotatable bonds is 4. The fourth-order valence-electron chi connectivity index (χ4n) is 1.76. The Kier molecular flexibility index (Phi) is 5.01. The standard InChI is InChI=1S/C15H16N2O2S/c1-3-9-17-13(10-14(18)19-2)11-20-15(17)16-12-7-5-4-6-8-12/h3-8,10H,1,9,11H2,2H3. The van der Waals surface area contributed by atoms with Crippen molar-refractivity contribution < 1.29 is 9.53 Å². The van der Waals surface area contributed by atoms with E-state index in [2.05, 4.69) is 16.3 Å². The van der Waals surface area contributed by atoms with E-state index < -0.39 is 0 Å². The van der Waals surface area contributed by atoms with E-state index in [4.69, 9.17) is 0 Å². The second kappa shape index (κ2) is 6.96. The number of hydrogen-bond acceptors (Lipinski definition) is 4. The lowest BCUT2D eigenvalue weighted by atomic mass is 10.3. The van der Waals surface area contributed by atoms with Crippen molar-refractivity contribution in [2.24, 2.45) is 4.99 Å². The van der Waals surface area contributed by atoms with E-state index >= 15 is 0 Å². The Hall–Kier alpha value is -2.01. The largest absolute Gasteiger partial charge is 0.466 e. The minimum absolute atomic E-state index is 0.351. The van der Waals surface area contributed by atoms with Crippen LogP contribution < -0.4 is 0 Å². The molecule has 5 heteroatoms. The molecule has 2 rings (SSSR count). The topological polar surface area (TPSA) is 41.9 Å². The number of para-hydroxylation sites is 1. The van der Waals surface area contributed by atoms with Crippen LogP contribution in [0.4, 0.5) is 5.69 Å². The molecule has 4 nitrogen and oxygen atoms in total. The third-order valence-corrected chi connectivity index (χ3v) is 3.71. The summed E-state index contributed by atoms with van der Waals surface area (Å²) in [5, 5.41) is 0.867. The van der Waals surface area contributed by atoms with Crippen LogP contribution in [0.15, 0.2) is 59.8 Å². The summed E-state index contributed by atoms with van der Waals surface area (Å²) < 4.78 is 4.68. The number of nitrogens with zero attached hydrogens (tertiary/aromatic N) is 2. The number of ether oxygens (including phenoxy) is 1. The smallest absolute Gasteiger partial charge is 0.332 e. The monoisotopic (exact) mass is 288 g/mol. The maximum Gasteiger partial charge on any atom is 0.332 e. The molecule has 1 fully saturated rings. The van der Waals surface area contributed by atoms with Gasteiger partial charge in [-0.3, -0.25) is 0 Å². The molecular formula is C15H16N2O2S. The first-order valence-corrected chi connectivity index (χ1v) is 7.16. The highest BCUT2D eigenvalue weighted by Gasteiger charge is 2.24. The zero-order valence-electron chi connectivity index (χ0n) is 11.3. The van der Waals surface area contributed by atoms with Crippen LogP contribution >= 0.6 is 11.8 Å². The summed E-state index contributed by atoms with van der Waals surface area (Å²) in [6.45, 7) is 4.36. The average Bonchev–Trinajstić information content (AvgIpc) is 2.83. The Bertz CT molecular complexity index is 552. The Morgan fingerprint density at radius 2 is 2.25 bits per heavy atom. The lowest BCUT2D eigenvalue weighted by Crippen LogP contribution is -2.23. The molecule has 0 unspecified atom stereocenters. The van der Waals surface area contributed by atoms with Crippen LogP contribution in [0, 0.1) is 0 Å². The molecule has 0 bridgehead atoms. The average molecular weight is 288 g/mol. The van der Waals surface area contributed by atoms with Crippen LogP contribution in [0.1, 0.15) is 0 Å². The summed E-state index contributed by atoms with van der Waals surface area (Å²) in [5.41, 5.74) is 1.78. The Labute approximate surface area is 122 Å². The first-order valence-electron chi connectivity index (χ1n) is 6.18. The van der Waals surface area contributed by atoms with Crippen LogP contribution in [-0.4, -0.2) is 35.4 Å². The second-order valence-corrected chi connectivity index (χ2v) is 5.02. The van der Waals surface area contributed by atoms with Gasteiger partial charge < -0.3 is 9.64 Å². The Morgan fingerprint density at radius 1 is 1.50 bits per heavy atom. The predicted molar refractivity (Wildman–Crippen MR) is 83.0 cm³/mol. The molecule has 20 heavy (non-hydrogen) atoms. The number of benzene rings is 1. The van der Waals surface area contributed by atoms with Gasteiger partial charge in [-0.1, -0.05) is 36.0 Å². The van der Waals surface area contributed by atoms with Gasteiger partial charge in [0, 0.05) is 24.1 Å². The van der Waals surface area contributed by atoms with E-state index in [0.29, 0.717) is 12.3 Å². The molecule has 1 saturated heterocycles. The van der Waals surface area contributed by atoms with Crippen molar-refractivity contribution in [3.63, 3.8) is 0 Å². The zero-order valence-corrected chi connectivity index (χ0v) is 12.1. The highest BCUT2D eigenvalue weighted by atomic mass is 32.2. The third-order valence-electron chi connectivity index (χ3n) is 2.71. The van der Waals surface area contributed by atoms with E-state index in [9.17, 15) is 4.79 Å².